The van der Waals surface area contributed by atoms with Crippen molar-refractivity contribution in [2.45, 2.75) is 293 Å². The molecule has 14 nitrogen and oxygen atoms in total. The normalized spacial score (nSPS) is 24.6. The molecule has 78 heavy (non-hydrogen) atoms. The molecule has 0 radical (unpaired) electrons. The second-order valence-corrected chi connectivity index (χ2v) is 21.5. The zero-order valence-electron chi connectivity index (χ0n) is 48.6. The molecule has 0 saturated carbocycles. The molecular weight excluding hydrogens is 993 g/mol. The Labute approximate surface area is 472 Å². The summed E-state index contributed by atoms with van der Waals surface area (Å²) in [6, 6.07) is 0. The number of hydrogen-bond acceptors (Lipinski definition) is 14. The average molecular weight is 1110 g/mol. The summed E-state index contributed by atoms with van der Waals surface area (Å²) in [6.07, 6.45) is 48.1. The van der Waals surface area contributed by atoms with Gasteiger partial charge in [-0.1, -0.05) is 209 Å². The molecule has 0 bridgehead atoms. The van der Waals surface area contributed by atoms with Crippen LogP contribution in [0.15, 0.2) is 72.9 Å². The van der Waals surface area contributed by atoms with E-state index in [1.165, 1.54) is 122 Å². The van der Waals surface area contributed by atoms with E-state index in [1.54, 1.807) is 0 Å². The van der Waals surface area contributed by atoms with Crippen LogP contribution in [-0.2, 0) is 33.2 Å². The van der Waals surface area contributed by atoms with Crippen LogP contribution in [-0.4, -0.2) is 142 Å². The number of carbonyl (C=O) groups is 1. The van der Waals surface area contributed by atoms with Gasteiger partial charge in [-0.2, -0.15) is 0 Å². The molecule has 2 aliphatic heterocycles. The summed E-state index contributed by atoms with van der Waals surface area (Å²) in [5.74, 6) is -0.384. The van der Waals surface area contributed by atoms with Crippen molar-refractivity contribution in [3.05, 3.63) is 72.9 Å². The lowest BCUT2D eigenvalue weighted by Gasteiger charge is -2.42. The molecular formula is C64H112O14. The Morgan fingerprint density at radius 1 is 0.436 bits per heavy atom. The fourth-order valence-corrected chi connectivity index (χ4v) is 9.48. The van der Waals surface area contributed by atoms with E-state index in [2.05, 4.69) is 86.8 Å². The molecule has 11 unspecified atom stereocenters. The lowest BCUT2D eigenvalue weighted by Crippen LogP contribution is -2.61. The summed E-state index contributed by atoms with van der Waals surface area (Å²) < 4.78 is 34.4. The molecule has 2 aliphatic rings. The summed E-state index contributed by atoms with van der Waals surface area (Å²) in [7, 11) is 0. The topological polar surface area (TPSA) is 214 Å². The molecule has 7 N–H and O–H groups in total. The minimum atomic E-state index is -1.71. The maximum atomic E-state index is 13.1. The Balaban J connectivity index is 1.69. The number of rotatable bonds is 50. The number of esters is 1. The van der Waals surface area contributed by atoms with E-state index in [0.717, 1.165) is 77.0 Å². The largest absolute Gasteiger partial charge is 0.457 e. The van der Waals surface area contributed by atoms with E-state index < -0.39 is 80.7 Å². The molecule has 452 valence electrons. The van der Waals surface area contributed by atoms with E-state index in [9.17, 15) is 40.5 Å². The predicted octanol–water partition coefficient (Wildman–Crippen LogP) is 11.8. The Morgan fingerprint density at radius 2 is 0.833 bits per heavy atom. The van der Waals surface area contributed by atoms with Gasteiger partial charge in [-0.05, 0) is 83.5 Å². The fraction of sp³-hybridized carbons (Fsp3) is 0.797. The predicted molar refractivity (Wildman–Crippen MR) is 312 cm³/mol. The number of aliphatic hydroxyl groups excluding tert-OH is 7. The van der Waals surface area contributed by atoms with Crippen molar-refractivity contribution in [2.75, 3.05) is 33.0 Å². The number of hydrogen-bond donors (Lipinski definition) is 7. The number of carbonyl (C=O) groups excluding carboxylic acids is 1. The van der Waals surface area contributed by atoms with E-state index in [4.69, 9.17) is 28.4 Å². The third-order valence-corrected chi connectivity index (χ3v) is 14.4. The van der Waals surface area contributed by atoms with Gasteiger partial charge in [-0.3, -0.25) is 4.79 Å². The molecule has 0 spiro atoms. The molecule has 14 heteroatoms. The smallest absolute Gasteiger partial charge is 0.306 e. The lowest BCUT2D eigenvalue weighted by atomic mass is 9.98. The SMILES string of the molecule is CC/C=C\C/C=C\C/C=C\C/C=C\C/C=C\CCCCCCCCCCCC(=O)OC(COCCCCCCCCCC/C=C\CCCCCCCCC)COC1OC(COC2OC(CO)C(O)C(O)C2O)C(O)C(O)C1O. The van der Waals surface area contributed by atoms with Gasteiger partial charge in [0.2, 0.25) is 0 Å². The van der Waals surface area contributed by atoms with Crippen molar-refractivity contribution in [2.24, 2.45) is 0 Å². The third kappa shape index (κ3) is 36.0. The summed E-state index contributed by atoms with van der Waals surface area (Å²) in [6.45, 7) is 3.58. The highest BCUT2D eigenvalue weighted by atomic mass is 16.7. The van der Waals surface area contributed by atoms with Crippen molar-refractivity contribution in [1.29, 1.82) is 0 Å². The first-order valence-corrected chi connectivity index (χ1v) is 31.0. The molecule has 0 aromatic carbocycles. The van der Waals surface area contributed by atoms with Crippen molar-refractivity contribution < 1.29 is 69.0 Å². The zero-order chi connectivity index (χ0) is 56.5. The van der Waals surface area contributed by atoms with Crippen LogP contribution < -0.4 is 0 Å². The van der Waals surface area contributed by atoms with Gasteiger partial charge < -0.3 is 64.2 Å². The van der Waals surface area contributed by atoms with Crippen LogP contribution in [0, 0.1) is 0 Å². The highest BCUT2D eigenvalue weighted by molar-refractivity contribution is 5.69. The zero-order valence-corrected chi connectivity index (χ0v) is 48.6. The molecule has 2 heterocycles. The van der Waals surface area contributed by atoms with Crippen LogP contribution in [0.4, 0.5) is 0 Å². The van der Waals surface area contributed by atoms with Crippen LogP contribution in [0.25, 0.3) is 0 Å². The maximum absolute atomic E-state index is 13.1. The Hall–Kier alpha value is -2.57. The highest BCUT2D eigenvalue weighted by Gasteiger charge is 2.47. The second kappa shape index (κ2) is 50.2. The molecule has 11 atom stereocenters. The van der Waals surface area contributed by atoms with Gasteiger partial charge in [-0.25, -0.2) is 0 Å². The van der Waals surface area contributed by atoms with Gasteiger partial charge in [0.15, 0.2) is 12.6 Å². The maximum Gasteiger partial charge on any atom is 0.306 e. The van der Waals surface area contributed by atoms with Crippen LogP contribution in [0.1, 0.15) is 226 Å². The molecule has 0 amide bonds. The van der Waals surface area contributed by atoms with E-state index in [0.29, 0.717) is 13.0 Å². The Morgan fingerprint density at radius 3 is 1.32 bits per heavy atom. The molecule has 0 aliphatic carbocycles. The number of ether oxygens (including phenoxy) is 6. The summed E-state index contributed by atoms with van der Waals surface area (Å²) in [5.41, 5.74) is 0. The van der Waals surface area contributed by atoms with Crippen LogP contribution in [0.5, 0.6) is 0 Å². The first kappa shape index (κ1) is 71.5. The summed E-state index contributed by atoms with van der Waals surface area (Å²) in [4.78, 5) is 13.1. The molecule has 2 fully saturated rings. The van der Waals surface area contributed by atoms with Crippen molar-refractivity contribution in [1.82, 2.24) is 0 Å². The van der Waals surface area contributed by atoms with Gasteiger partial charge in [0.25, 0.3) is 0 Å². The van der Waals surface area contributed by atoms with Crippen molar-refractivity contribution >= 4 is 5.97 Å². The standard InChI is InChI=1S/C64H112O14/c1-3-5-7-9-11-13-15-17-19-21-23-24-25-26-27-28-29-31-33-35-37-39-41-43-45-47-56(66)76-53(50-73-48-46-44-42-40-38-36-34-32-30-22-20-18-16-14-12-10-8-6-4-2)51-74-63-62(72)60(70)58(68)55(78-63)52-75-64-61(71)59(69)57(67)54(49-65)77-64/h5,7,11,13,17,19-20,22-24,26-27,53-55,57-65,67-72H,3-4,6,8-10,12,14-16,18,21,25,28-52H2,1-2H3/b7-5-,13-11-,19-17-,22-20-,24-23-,27-26-. The van der Waals surface area contributed by atoms with Crippen LogP contribution in [0.3, 0.4) is 0 Å². The van der Waals surface area contributed by atoms with Crippen LogP contribution in [0.2, 0.25) is 0 Å². The molecule has 0 aromatic rings. The molecule has 2 saturated heterocycles. The Bertz CT molecular complexity index is 1560. The first-order valence-electron chi connectivity index (χ1n) is 31.0. The summed E-state index contributed by atoms with van der Waals surface area (Å²) in [5, 5.41) is 72.4. The number of aliphatic hydroxyl groups is 7. The second-order valence-electron chi connectivity index (χ2n) is 21.5. The minimum absolute atomic E-state index is 0.0548. The fourth-order valence-electron chi connectivity index (χ4n) is 9.48. The van der Waals surface area contributed by atoms with Crippen molar-refractivity contribution in [3.63, 3.8) is 0 Å². The van der Waals surface area contributed by atoms with Gasteiger partial charge in [0.1, 0.15) is 54.9 Å². The molecule has 2 rings (SSSR count). The third-order valence-electron chi connectivity index (χ3n) is 14.4. The molecule has 0 aromatic heterocycles. The average Bonchev–Trinajstić information content (AvgIpc) is 3.44. The minimum Gasteiger partial charge on any atom is -0.457 e. The van der Waals surface area contributed by atoms with E-state index >= 15 is 0 Å². The monoisotopic (exact) mass is 1100 g/mol. The van der Waals surface area contributed by atoms with E-state index in [1.807, 2.05) is 0 Å². The number of allylic oxidation sites excluding steroid dienone is 12. The summed E-state index contributed by atoms with van der Waals surface area (Å²) >= 11 is 0. The highest BCUT2D eigenvalue weighted by Crippen LogP contribution is 2.27. The van der Waals surface area contributed by atoms with Gasteiger partial charge >= 0.3 is 5.97 Å². The van der Waals surface area contributed by atoms with Gasteiger partial charge in [-0.15, -0.1) is 0 Å². The van der Waals surface area contributed by atoms with Crippen molar-refractivity contribution in [3.8, 4) is 0 Å². The number of unbranched alkanes of at least 4 members (excludes halogenated alkanes) is 24. The quantitative estimate of drug-likeness (QED) is 0.0172. The lowest BCUT2D eigenvalue weighted by molar-refractivity contribution is -0.332. The van der Waals surface area contributed by atoms with Crippen LogP contribution >= 0.6 is 0 Å². The Kier molecular flexibility index (Phi) is 46.0. The van der Waals surface area contributed by atoms with E-state index in [-0.39, 0.29) is 25.6 Å². The van der Waals surface area contributed by atoms with Gasteiger partial charge in [0.05, 0.1) is 26.4 Å². The van der Waals surface area contributed by atoms with Gasteiger partial charge in [0, 0.05) is 13.0 Å². The first-order chi connectivity index (χ1) is 38.1.